The van der Waals surface area contributed by atoms with Crippen molar-refractivity contribution in [2.45, 2.75) is 25.4 Å². The van der Waals surface area contributed by atoms with Gasteiger partial charge >= 0.3 is 0 Å². The molecule has 0 aromatic heterocycles. The molecule has 1 rings (SSSR count). The van der Waals surface area contributed by atoms with Crippen LogP contribution < -0.4 is 0 Å². The Morgan fingerprint density at radius 1 is 1.31 bits per heavy atom. The van der Waals surface area contributed by atoms with Crippen molar-refractivity contribution in [1.82, 2.24) is 4.90 Å². The fourth-order valence-corrected chi connectivity index (χ4v) is 1.27. The van der Waals surface area contributed by atoms with Crippen molar-refractivity contribution in [1.29, 1.82) is 0 Å². The number of piperidine rings is 1. The molecule has 1 heterocycles. The van der Waals surface area contributed by atoms with Crippen LogP contribution in [-0.2, 0) is 9.59 Å². The SMILES string of the molecule is O=C1CCCC(=O)N1CC(O)CO. The summed E-state index contributed by atoms with van der Waals surface area (Å²) in [6.07, 6.45) is 0.267. The monoisotopic (exact) mass is 187 g/mol. The zero-order valence-corrected chi connectivity index (χ0v) is 7.27. The maximum atomic E-state index is 11.2. The van der Waals surface area contributed by atoms with Gasteiger partial charge < -0.3 is 10.2 Å². The molecule has 0 spiro atoms. The number of hydrogen-bond acceptors (Lipinski definition) is 4. The number of aliphatic hydroxyl groups excluding tert-OH is 2. The minimum absolute atomic E-state index is 0.0891. The summed E-state index contributed by atoms with van der Waals surface area (Å²) in [5.74, 6) is -0.521. The van der Waals surface area contributed by atoms with Crippen LogP contribution >= 0.6 is 0 Å². The van der Waals surface area contributed by atoms with Crippen LogP contribution in [0, 0.1) is 0 Å². The summed E-state index contributed by atoms with van der Waals surface area (Å²) >= 11 is 0. The summed E-state index contributed by atoms with van der Waals surface area (Å²) < 4.78 is 0. The standard InChI is InChI=1S/C8H13NO4/c10-5-6(11)4-9-7(12)2-1-3-8(9)13/h6,10-11H,1-5H2. The quantitative estimate of drug-likeness (QED) is 0.548. The van der Waals surface area contributed by atoms with Crippen molar-refractivity contribution in [2.75, 3.05) is 13.2 Å². The third-order valence-corrected chi connectivity index (χ3v) is 1.99. The fraction of sp³-hybridized carbons (Fsp3) is 0.750. The Balaban J connectivity index is 2.54. The smallest absolute Gasteiger partial charge is 0.229 e. The van der Waals surface area contributed by atoms with Gasteiger partial charge in [-0.1, -0.05) is 0 Å². The molecule has 1 atom stereocenters. The van der Waals surface area contributed by atoms with E-state index in [9.17, 15) is 9.59 Å². The lowest BCUT2D eigenvalue weighted by Crippen LogP contribution is -2.45. The van der Waals surface area contributed by atoms with Crippen LogP contribution in [-0.4, -0.2) is 46.2 Å². The van der Waals surface area contributed by atoms with E-state index < -0.39 is 12.7 Å². The first kappa shape index (κ1) is 10.1. The van der Waals surface area contributed by atoms with Crippen LogP contribution in [0.2, 0.25) is 0 Å². The number of aliphatic hydroxyl groups is 2. The minimum atomic E-state index is -1.02. The Labute approximate surface area is 76.0 Å². The molecule has 2 N–H and O–H groups in total. The molecule has 1 aliphatic rings. The molecule has 1 saturated heterocycles. The van der Waals surface area contributed by atoms with Gasteiger partial charge in [-0.3, -0.25) is 14.5 Å². The highest BCUT2D eigenvalue weighted by molar-refractivity contribution is 5.97. The first-order chi connectivity index (χ1) is 6.15. The normalized spacial score (nSPS) is 20.6. The Kier molecular flexibility index (Phi) is 3.39. The summed E-state index contributed by atoms with van der Waals surface area (Å²) in [4.78, 5) is 23.4. The molecule has 0 aromatic rings. The van der Waals surface area contributed by atoms with E-state index in [4.69, 9.17) is 10.2 Å². The first-order valence-corrected chi connectivity index (χ1v) is 4.27. The largest absolute Gasteiger partial charge is 0.394 e. The first-order valence-electron chi connectivity index (χ1n) is 4.27. The van der Waals surface area contributed by atoms with Gasteiger partial charge in [0.25, 0.3) is 0 Å². The Bertz CT molecular complexity index is 200. The van der Waals surface area contributed by atoms with E-state index in [2.05, 4.69) is 0 Å². The molecule has 2 amide bonds. The number of nitrogens with zero attached hydrogens (tertiary/aromatic N) is 1. The predicted molar refractivity (Wildman–Crippen MR) is 43.7 cm³/mol. The number of likely N-dealkylation sites (tertiary alicyclic amines) is 1. The van der Waals surface area contributed by atoms with Gasteiger partial charge in [0, 0.05) is 12.8 Å². The second-order valence-electron chi connectivity index (χ2n) is 3.09. The van der Waals surface area contributed by atoms with Gasteiger partial charge in [-0.2, -0.15) is 0 Å². The van der Waals surface area contributed by atoms with Crippen LogP contribution in [0.3, 0.4) is 0 Å². The van der Waals surface area contributed by atoms with Crippen LogP contribution in [0.15, 0.2) is 0 Å². The van der Waals surface area contributed by atoms with E-state index in [1.165, 1.54) is 0 Å². The number of amides is 2. The van der Waals surface area contributed by atoms with Gasteiger partial charge in [-0.05, 0) is 6.42 Å². The molecule has 1 unspecified atom stereocenters. The van der Waals surface area contributed by atoms with Crippen molar-refractivity contribution in [2.24, 2.45) is 0 Å². The number of carbonyl (C=O) groups is 2. The lowest BCUT2D eigenvalue weighted by atomic mass is 10.1. The summed E-state index contributed by atoms with van der Waals surface area (Å²) in [7, 11) is 0. The summed E-state index contributed by atoms with van der Waals surface area (Å²) in [5, 5.41) is 17.6. The average Bonchev–Trinajstić information content (AvgIpc) is 2.11. The summed E-state index contributed by atoms with van der Waals surface area (Å²) in [6, 6.07) is 0. The third-order valence-electron chi connectivity index (χ3n) is 1.99. The molecule has 1 fully saturated rings. The highest BCUT2D eigenvalue weighted by Gasteiger charge is 2.27. The Hall–Kier alpha value is -0.940. The molecule has 0 aliphatic carbocycles. The molecule has 0 radical (unpaired) electrons. The minimum Gasteiger partial charge on any atom is -0.394 e. The maximum Gasteiger partial charge on any atom is 0.229 e. The molecule has 0 aromatic carbocycles. The lowest BCUT2D eigenvalue weighted by Gasteiger charge is -2.26. The third kappa shape index (κ3) is 2.50. The molecule has 5 nitrogen and oxygen atoms in total. The van der Waals surface area contributed by atoms with Crippen LogP contribution in [0.5, 0.6) is 0 Å². The molecular weight excluding hydrogens is 174 g/mol. The van der Waals surface area contributed by atoms with Gasteiger partial charge in [0.05, 0.1) is 19.3 Å². The number of imide groups is 1. The second-order valence-corrected chi connectivity index (χ2v) is 3.09. The zero-order chi connectivity index (χ0) is 9.84. The molecule has 5 heteroatoms. The topological polar surface area (TPSA) is 77.8 Å². The van der Waals surface area contributed by atoms with Crippen molar-refractivity contribution < 1.29 is 19.8 Å². The van der Waals surface area contributed by atoms with Crippen molar-refractivity contribution >= 4 is 11.8 Å². The Morgan fingerprint density at radius 2 is 1.85 bits per heavy atom. The number of hydrogen-bond donors (Lipinski definition) is 2. The summed E-state index contributed by atoms with van der Waals surface area (Å²) in [5.41, 5.74) is 0. The van der Waals surface area contributed by atoms with Crippen molar-refractivity contribution in [3.05, 3.63) is 0 Å². The Morgan fingerprint density at radius 3 is 2.31 bits per heavy atom. The van der Waals surface area contributed by atoms with Gasteiger partial charge in [0.2, 0.25) is 11.8 Å². The molecule has 13 heavy (non-hydrogen) atoms. The van der Waals surface area contributed by atoms with Gasteiger partial charge in [-0.15, -0.1) is 0 Å². The molecule has 74 valence electrons. The summed E-state index contributed by atoms with van der Waals surface area (Å²) in [6.45, 7) is -0.523. The van der Waals surface area contributed by atoms with Crippen LogP contribution in [0.1, 0.15) is 19.3 Å². The van der Waals surface area contributed by atoms with E-state index in [1.807, 2.05) is 0 Å². The van der Waals surface area contributed by atoms with Crippen LogP contribution in [0.4, 0.5) is 0 Å². The van der Waals surface area contributed by atoms with E-state index >= 15 is 0 Å². The van der Waals surface area contributed by atoms with Gasteiger partial charge in [-0.25, -0.2) is 0 Å². The molecular formula is C8H13NO4. The molecule has 1 aliphatic heterocycles. The zero-order valence-electron chi connectivity index (χ0n) is 7.27. The van der Waals surface area contributed by atoms with E-state index in [0.29, 0.717) is 19.3 Å². The second kappa shape index (κ2) is 4.34. The molecule has 0 saturated carbocycles. The number of rotatable bonds is 3. The number of carbonyl (C=O) groups excluding carboxylic acids is 2. The van der Waals surface area contributed by atoms with Gasteiger partial charge in [0.15, 0.2) is 0 Å². The van der Waals surface area contributed by atoms with Gasteiger partial charge in [0.1, 0.15) is 0 Å². The number of β-amino-alcohol motifs (C(OH)–C–C–N with tert-alkyl or cyclic N) is 1. The van der Waals surface area contributed by atoms with Crippen molar-refractivity contribution in [3.63, 3.8) is 0 Å². The van der Waals surface area contributed by atoms with Crippen molar-refractivity contribution in [3.8, 4) is 0 Å². The van der Waals surface area contributed by atoms with E-state index in [1.54, 1.807) is 0 Å². The van der Waals surface area contributed by atoms with E-state index in [-0.39, 0.29) is 18.4 Å². The predicted octanol–water partition coefficient (Wildman–Crippen LogP) is -1.12. The highest BCUT2D eigenvalue weighted by atomic mass is 16.3. The highest BCUT2D eigenvalue weighted by Crippen LogP contribution is 2.12. The van der Waals surface area contributed by atoms with Crippen LogP contribution in [0.25, 0.3) is 0 Å². The average molecular weight is 187 g/mol. The lowest BCUT2D eigenvalue weighted by molar-refractivity contribution is -0.150. The fourth-order valence-electron chi connectivity index (χ4n) is 1.27. The molecule has 0 bridgehead atoms. The maximum absolute atomic E-state index is 11.2. The van der Waals surface area contributed by atoms with E-state index in [0.717, 1.165) is 4.90 Å².